The van der Waals surface area contributed by atoms with Gasteiger partial charge in [-0.3, -0.25) is 19.5 Å². The smallest absolute Gasteiger partial charge is 0.274 e. The van der Waals surface area contributed by atoms with Crippen LogP contribution in [0.2, 0.25) is 0 Å². The van der Waals surface area contributed by atoms with Crippen LogP contribution in [0.5, 0.6) is 0 Å². The van der Waals surface area contributed by atoms with Gasteiger partial charge in [-0.05, 0) is 25.2 Å². The Hall–Kier alpha value is -2.06. The second-order valence-electron chi connectivity index (χ2n) is 8.00. The minimum Gasteiger partial charge on any atom is -0.379 e. The Morgan fingerprint density at radius 2 is 1.90 bits per heavy atom. The van der Waals surface area contributed by atoms with Crippen LogP contribution >= 0.6 is 0 Å². The molecule has 0 unspecified atom stereocenters. The summed E-state index contributed by atoms with van der Waals surface area (Å²) >= 11 is 0. The Bertz CT molecular complexity index is 643. The van der Waals surface area contributed by atoms with Crippen molar-refractivity contribution in [2.45, 2.75) is 32.6 Å². The number of ether oxygens (including phenoxy) is 1. The van der Waals surface area contributed by atoms with E-state index in [1.165, 1.54) is 12.4 Å². The first-order valence-electron chi connectivity index (χ1n) is 10.8. The van der Waals surface area contributed by atoms with Gasteiger partial charge in [-0.2, -0.15) is 0 Å². The molecule has 8 nitrogen and oxygen atoms in total. The Morgan fingerprint density at radius 3 is 2.59 bits per heavy atom. The third kappa shape index (κ3) is 6.75. The first-order valence-corrected chi connectivity index (χ1v) is 10.8. The quantitative estimate of drug-likeness (QED) is 0.651. The molecule has 0 bridgehead atoms. The van der Waals surface area contributed by atoms with Crippen molar-refractivity contribution < 1.29 is 14.3 Å². The molecule has 2 amide bonds. The third-order valence-electron chi connectivity index (χ3n) is 5.81. The molecule has 0 aliphatic carbocycles. The van der Waals surface area contributed by atoms with Gasteiger partial charge in [-0.15, -0.1) is 0 Å². The van der Waals surface area contributed by atoms with E-state index in [0.717, 1.165) is 65.2 Å². The van der Waals surface area contributed by atoms with Crippen molar-refractivity contribution in [3.8, 4) is 0 Å². The zero-order valence-corrected chi connectivity index (χ0v) is 17.5. The standard InChI is InChI=1S/C21H33N5O3/c1-18-3-10-25(11-4-18)20(27)5-12-26(21(28)19-17-22-6-7-23-19)9-2-8-24-13-15-29-16-14-24/h6-7,17-18H,2-5,8-16H2,1H3. The monoisotopic (exact) mass is 403 g/mol. The van der Waals surface area contributed by atoms with Gasteiger partial charge in [0.05, 0.1) is 19.4 Å². The number of aromatic nitrogens is 2. The molecule has 0 spiro atoms. The fraction of sp³-hybridized carbons (Fsp3) is 0.714. The van der Waals surface area contributed by atoms with Gasteiger partial charge < -0.3 is 14.5 Å². The van der Waals surface area contributed by atoms with Crippen molar-refractivity contribution in [1.29, 1.82) is 0 Å². The number of carbonyl (C=O) groups is 2. The molecule has 1 aromatic heterocycles. The molecule has 160 valence electrons. The molecule has 1 aromatic rings. The van der Waals surface area contributed by atoms with E-state index in [4.69, 9.17) is 4.74 Å². The largest absolute Gasteiger partial charge is 0.379 e. The number of carbonyl (C=O) groups excluding carboxylic acids is 2. The van der Waals surface area contributed by atoms with Gasteiger partial charge in [0.2, 0.25) is 5.91 Å². The lowest BCUT2D eigenvalue weighted by Crippen LogP contribution is -2.42. The van der Waals surface area contributed by atoms with Gasteiger partial charge >= 0.3 is 0 Å². The van der Waals surface area contributed by atoms with E-state index in [9.17, 15) is 9.59 Å². The summed E-state index contributed by atoms with van der Waals surface area (Å²) in [6.45, 7) is 9.25. The normalized spacial score (nSPS) is 18.6. The Balaban J connectivity index is 1.53. The highest BCUT2D eigenvalue weighted by Gasteiger charge is 2.23. The lowest BCUT2D eigenvalue weighted by molar-refractivity contribution is -0.132. The van der Waals surface area contributed by atoms with Crippen LogP contribution < -0.4 is 0 Å². The number of hydrogen-bond acceptors (Lipinski definition) is 6. The van der Waals surface area contributed by atoms with Crippen molar-refractivity contribution in [3.05, 3.63) is 24.3 Å². The molecule has 0 N–H and O–H groups in total. The molecular formula is C21H33N5O3. The number of amides is 2. The average molecular weight is 404 g/mol. The summed E-state index contributed by atoms with van der Waals surface area (Å²) < 4.78 is 5.39. The Morgan fingerprint density at radius 1 is 1.14 bits per heavy atom. The molecule has 0 radical (unpaired) electrons. The number of likely N-dealkylation sites (tertiary alicyclic amines) is 1. The molecular weight excluding hydrogens is 370 g/mol. The van der Waals surface area contributed by atoms with E-state index in [1.807, 2.05) is 4.90 Å². The predicted molar refractivity (Wildman–Crippen MR) is 109 cm³/mol. The summed E-state index contributed by atoms with van der Waals surface area (Å²) in [6.07, 6.45) is 7.92. The molecule has 29 heavy (non-hydrogen) atoms. The van der Waals surface area contributed by atoms with Crippen molar-refractivity contribution in [1.82, 2.24) is 24.7 Å². The predicted octanol–water partition coefficient (Wildman–Crippen LogP) is 1.29. The SMILES string of the molecule is CC1CCN(C(=O)CCN(CCCN2CCOCC2)C(=O)c2cnccn2)CC1. The summed E-state index contributed by atoms with van der Waals surface area (Å²) in [5.41, 5.74) is 0.332. The van der Waals surface area contributed by atoms with E-state index >= 15 is 0 Å². The lowest BCUT2D eigenvalue weighted by Gasteiger charge is -2.31. The summed E-state index contributed by atoms with van der Waals surface area (Å²) in [5.74, 6) is 0.677. The highest BCUT2D eigenvalue weighted by molar-refractivity contribution is 5.92. The fourth-order valence-electron chi connectivity index (χ4n) is 3.84. The molecule has 8 heteroatoms. The zero-order valence-electron chi connectivity index (χ0n) is 17.5. The van der Waals surface area contributed by atoms with Gasteiger partial charge in [0.25, 0.3) is 5.91 Å². The number of piperidine rings is 1. The zero-order chi connectivity index (χ0) is 20.5. The van der Waals surface area contributed by atoms with E-state index in [-0.39, 0.29) is 11.8 Å². The first-order chi connectivity index (χ1) is 14.1. The van der Waals surface area contributed by atoms with Crippen molar-refractivity contribution in [2.24, 2.45) is 5.92 Å². The van der Waals surface area contributed by atoms with Crippen LogP contribution in [0, 0.1) is 5.92 Å². The Kier molecular flexibility index (Phi) is 8.37. The maximum atomic E-state index is 12.9. The first kappa shape index (κ1) is 21.6. The van der Waals surface area contributed by atoms with E-state index in [0.29, 0.717) is 31.1 Å². The molecule has 2 saturated heterocycles. The second-order valence-corrected chi connectivity index (χ2v) is 8.00. The second kappa shape index (κ2) is 11.2. The number of hydrogen-bond donors (Lipinski definition) is 0. The van der Waals surface area contributed by atoms with Crippen LogP contribution in [0.4, 0.5) is 0 Å². The van der Waals surface area contributed by atoms with Crippen LogP contribution in [-0.2, 0) is 9.53 Å². The van der Waals surface area contributed by atoms with Gasteiger partial charge in [-0.1, -0.05) is 6.92 Å². The van der Waals surface area contributed by atoms with E-state index in [2.05, 4.69) is 21.8 Å². The number of morpholine rings is 1. The maximum Gasteiger partial charge on any atom is 0.274 e. The summed E-state index contributed by atoms with van der Waals surface area (Å²) in [7, 11) is 0. The molecule has 2 fully saturated rings. The van der Waals surface area contributed by atoms with Gasteiger partial charge in [0, 0.05) is 64.6 Å². The number of rotatable bonds is 8. The molecule has 0 atom stereocenters. The van der Waals surface area contributed by atoms with Crippen LogP contribution in [0.15, 0.2) is 18.6 Å². The minimum absolute atomic E-state index is 0.141. The van der Waals surface area contributed by atoms with Crippen molar-refractivity contribution in [3.63, 3.8) is 0 Å². The average Bonchev–Trinajstić information content (AvgIpc) is 2.77. The molecule has 3 rings (SSSR count). The van der Waals surface area contributed by atoms with Crippen LogP contribution in [0.1, 0.15) is 43.1 Å². The molecule has 3 heterocycles. The van der Waals surface area contributed by atoms with E-state index in [1.54, 1.807) is 11.1 Å². The Labute approximate surface area is 173 Å². The van der Waals surface area contributed by atoms with Crippen molar-refractivity contribution >= 4 is 11.8 Å². The van der Waals surface area contributed by atoms with Crippen molar-refractivity contribution in [2.75, 3.05) is 59.0 Å². The topological polar surface area (TPSA) is 78.9 Å². The maximum absolute atomic E-state index is 12.9. The van der Waals surface area contributed by atoms with Crippen LogP contribution in [-0.4, -0.2) is 95.5 Å². The summed E-state index contributed by atoms with van der Waals surface area (Å²) in [4.78, 5) is 39.8. The number of nitrogens with zero attached hydrogens (tertiary/aromatic N) is 5. The van der Waals surface area contributed by atoms with E-state index < -0.39 is 0 Å². The van der Waals surface area contributed by atoms with Gasteiger partial charge in [0.15, 0.2) is 0 Å². The summed E-state index contributed by atoms with van der Waals surface area (Å²) in [6, 6.07) is 0. The summed E-state index contributed by atoms with van der Waals surface area (Å²) in [5, 5.41) is 0. The van der Waals surface area contributed by atoms with Gasteiger partial charge in [-0.25, -0.2) is 4.98 Å². The molecule has 0 saturated carbocycles. The highest BCUT2D eigenvalue weighted by Crippen LogP contribution is 2.17. The molecule has 0 aromatic carbocycles. The van der Waals surface area contributed by atoms with Crippen LogP contribution in [0.3, 0.4) is 0 Å². The highest BCUT2D eigenvalue weighted by atomic mass is 16.5. The molecule has 2 aliphatic heterocycles. The third-order valence-corrected chi connectivity index (χ3v) is 5.81. The molecule has 2 aliphatic rings. The lowest BCUT2D eigenvalue weighted by atomic mass is 9.99. The van der Waals surface area contributed by atoms with Gasteiger partial charge in [0.1, 0.15) is 5.69 Å². The fourth-order valence-corrected chi connectivity index (χ4v) is 3.84. The minimum atomic E-state index is -0.153. The van der Waals surface area contributed by atoms with Crippen LogP contribution in [0.25, 0.3) is 0 Å².